The summed E-state index contributed by atoms with van der Waals surface area (Å²) < 4.78 is 9.56. The van der Waals surface area contributed by atoms with Crippen LogP contribution in [0.1, 0.15) is 20.8 Å². The second-order valence-corrected chi connectivity index (χ2v) is 4.56. The fourth-order valence-electron chi connectivity index (χ4n) is 0. The zero-order chi connectivity index (χ0) is 10.7. The fraction of sp³-hybridized carbons (Fsp3) is 0.714. The number of amides is 1. The summed E-state index contributed by atoms with van der Waals surface area (Å²) in [5.41, 5.74) is 4.47. The summed E-state index contributed by atoms with van der Waals surface area (Å²) in [4.78, 5) is 10.2. The lowest BCUT2D eigenvalue weighted by molar-refractivity contribution is -0.115. The van der Waals surface area contributed by atoms with E-state index in [2.05, 4.69) is 18.0 Å². The molecular weight excluding hydrogens is 194 g/mol. The van der Waals surface area contributed by atoms with Gasteiger partial charge in [-0.25, -0.2) is 0 Å². The predicted octanol–water partition coefficient (Wildman–Crippen LogP) is 0.882. The molecule has 2 N–H and O–H groups in total. The van der Waals surface area contributed by atoms with Gasteiger partial charge in [0.1, 0.15) is 0 Å². The number of rotatable bonds is 0. The molecule has 0 spiro atoms. The van der Waals surface area contributed by atoms with E-state index in [1.54, 1.807) is 12.5 Å². The number of primary amides is 1. The van der Waals surface area contributed by atoms with Crippen molar-refractivity contribution < 1.29 is 9.00 Å². The van der Waals surface area contributed by atoms with E-state index in [0.29, 0.717) is 0 Å². The maximum absolute atomic E-state index is 9.56. The van der Waals surface area contributed by atoms with Gasteiger partial charge in [0, 0.05) is 30.2 Å². The van der Waals surface area contributed by atoms with Gasteiger partial charge in [-0.15, -0.1) is 0 Å². The van der Waals surface area contributed by atoms with Crippen LogP contribution >= 0.6 is 12.2 Å². The Morgan fingerprint density at radius 2 is 1.25 bits per heavy atom. The molecule has 0 bridgehead atoms. The molecule has 12 heavy (non-hydrogen) atoms. The van der Waals surface area contributed by atoms with Gasteiger partial charge in [0.15, 0.2) is 0 Å². The number of thiocarbonyl (C=S) groups is 1. The molecule has 0 saturated carbocycles. The van der Waals surface area contributed by atoms with Crippen molar-refractivity contribution in [2.75, 3.05) is 12.5 Å². The molecule has 0 aliphatic heterocycles. The minimum Gasteiger partial charge on any atom is -0.370 e. The van der Waals surface area contributed by atoms with Gasteiger partial charge < -0.3 is 5.73 Å². The van der Waals surface area contributed by atoms with E-state index >= 15 is 0 Å². The molecule has 74 valence electrons. The van der Waals surface area contributed by atoms with Gasteiger partial charge in [-0.1, -0.05) is 12.2 Å². The molecular formula is C7H17NO2S2. The van der Waals surface area contributed by atoms with Crippen LogP contribution in [0.25, 0.3) is 0 Å². The molecule has 5 heteroatoms. The standard InChI is InChI=1S/C3H6S.C2H5NO.C2H6OS/c1-3(2)4;1-2(3)4;1-4(2)3/h1-2H3;1H3,(H2,3,4);1-2H3. The first-order valence-electron chi connectivity index (χ1n) is 3.18. The number of carbonyl (C=O) groups is 1. The molecule has 0 unspecified atom stereocenters. The van der Waals surface area contributed by atoms with Crippen LogP contribution in [-0.2, 0) is 15.6 Å². The zero-order valence-electron chi connectivity index (χ0n) is 8.21. The molecule has 0 aromatic heterocycles. The van der Waals surface area contributed by atoms with Crippen molar-refractivity contribution >= 4 is 33.8 Å². The highest BCUT2D eigenvalue weighted by Crippen LogP contribution is 1.61. The van der Waals surface area contributed by atoms with E-state index < -0.39 is 10.8 Å². The van der Waals surface area contributed by atoms with Gasteiger partial charge in [0.05, 0.1) is 0 Å². The maximum atomic E-state index is 9.56. The van der Waals surface area contributed by atoms with Crippen molar-refractivity contribution in [1.82, 2.24) is 0 Å². The van der Waals surface area contributed by atoms with Crippen LogP contribution < -0.4 is 5.73 Å². The fourth-order valence-corrected chi connectivity index (χ4v) is 0. The molecule has 0 rings (SSSR count). The van der Waals surface area contributed by atoms with Crippen LogP contribution in [0.15, 0.2) is 0 Å². The first kappa shape index (κ1) is 17.7. The quantitative estimate of drug-likeness (QED) is 0.605. The van der Waals surface area contributed by atoms with Crippen molar-refractivity contribution in [3.63, 3.8) is 0 Å². The summed E-state index contributed by atoms with van der Waals surface area (Å²) in [5.74, 6) is -0.333. The molecule has 0 heterocycles. The minimum absolute atomic E-state index is 0.333. The van der Waals surface area contributed by atoms with E-state index in [4.69, 9.17) is 0 Å². The van der Waals surface area contributed by atoms with E-state index in [1.807, 2.05) is 13.8 Å². The molecule has 0 fully saturated rings. The lowest BCUT2D eigenvalue weighted by Gasteiger charge is -1.61. The molecule has 0 saturated heterocycles. The maximum Gasteiger partial charge on any atom is 0.214 e. The first-order valence-corrected chi connectivity index (χ1v) is 5.55. The molecule has 0 aliphatic rings. The Morgan fingerprint density at radius 1 is 1.25 bits per heavy atom. The third kappa shape index (κ3) is 8760. The van der Waals surface area contributed by atoms with E-state index in [1.165, 1.54) is 6.92 Å². The summed E-state index contributed by atoms with van der Waals surface area (Å²) in [7, 11) is -0.611. The Kier molecular flexibility index (Phi) is 19.6. The molecule has 0 radical (unpaired) electrons. The normalized spacial score (nSPS) is 7.17. The molecule has 0 aromatic rings. The van der Waals surface area contributed by atoms with Crippen LogP contribution in [0.3, 0.4) is 0 Å². The van der Waals surface area contributed by atoms with Gasteiger partial charge in [-0.3, -0.25) is 9.00 Å². The Hall–Kier alpha value is -0.290. The molecule has 0 aliphatic carbocycles. The minimum atomic E-state index is -0.611. The van der Waals surface area contributed by atoms with Gasteiger partial charge in [0.2, 0.25) is 5.91 Å². The summed E-state index contributed by atoms with van der Waals surface area (Å²) >= 11 is 4.54. The first-order chi connectivity index (χ1) is 5.20. The second kappa shape index (κ2) is 13.3. The highest BCUT2D eigenvalue weighted by atomic mass is 32.2. The van der Waals surface area contributed by atoms with Gasteiger partial charge in [0.25, 0.3) is 0 Å². The molecule has 1 amide bonds. The van der Waals surface area contributed by atoms with Gasteiger partial charge in [-0.05, 0) is 18.7 Å². The Balaban J connectivity index is -0.000000101. The van der Waals surface area contributed by atoms with Crippen molar-refractivity contribution in [3.8, 4) is 0 Å². The van der Waals surface area contributed by atoms with Crippen LogP contribution in [0.5, 0.6) is 0 Å². The Bertz CT molecular complexity index is 117. The smallest absolute Gasteiger partial charge is 0.214 e. The SMILES string of the molecule is CC(C)=S.CC(N)=O.CS(C)=O. The third-order valence-corrected chi connectivity index (χ3v) is 0. The topological polar surface area (TPSA) is 60.2 Å². The predicted molar refractivity (Wildman–Crippen MR) is 58.8 cm³/mol. The molecule has 3 nitrogen and oxygen atoms in total. The number of nitrogens with two attached hydrogens (primary N) is 1. The van der Waals surface area contributed by atoms with Crippen LogP contribution in [0.2, 0.25) is 0 Å². The molecule has 0 aromatic carbocycles. The van der Waals surface area contributed by atoms with E-state index in [9.17, 15) is 9.00 Å². The number of hydrogen-bond acceptors (Lipinski definition) is 3. The van der Waals surface area contributed by atoms with Gasteiger partial charge in [-0.2, -0.15) is 0 Å². The number of hydrogen-bond donors (Lipinski definition) is 1. The van der Waals surface area contributed by atoms with E-state index in [0.717, 1.165) is 4.86 Å². The highest BCUT2D eigenvalue weighted by molar-refractivity contribution is 7.83. The highest BCUT2D eigenvalue weighted by Gasteiger charge is 1.61. The largest absolute Gasteiger partial charge is 0.370 e. The van der Waals surface area contributed by atoms with Crippen LogP contribution in [0, 0.1) is 0 Å². The van der Waals surface area contributed by atoms with Crippen molar-refractivity contribution in [2.24, 2.45) is 5.73 Å². The summed E-state index contributed by atoms with van der Waals surface area (Å²) in [6, 6.07) is 0. The monoisotopic (exact) mass is 211 g/mol. The Morgan fingerprint density at radius 3 is 1.25 bits per heavy atom. The van der Waals surface area contributed by atoms with Crippen LogP contribution in [-0.4, -0.2) is 27.5 Å². The van der Waals surface area contributed by atoms with Crippen LogP contribution in [0.4, 0.5) is 0 Å². The lowest BCUT2D eigenvalue weighted by Crippen LogP contribution is -2.01. The third-order valence-electron chi connectivity index (χ3n) is 0. The summed E-state index contributed by atoms with van der Waals surface area (Å²) in [6.07, 6.45) is 3.28. The van der Waals surface area contributed by atoms with Crippen molar-refractivity contribution in [3.05, 3.63) is 0 Å². The molecule has 0 atom stereocenters. The number of carbonyl (C=O) groups excluding carboxylic acids is 1. The summed E-state index contributed by atoms with van der Waals surface area (Å²) in [5, 5.41) is 0. The Labute approximate surface area is 82.2 Å². The van der Waals surface area contributed by atoms with Gasteiger partial charge >= 0.3 is 0 Å². The average Bonchev–Trinajstić information content (AvgIpc) is 1.54. The average molecular weight is 211 g/mol. The lowest BCUT2D eigenvalue weighted by atomic mass is 10.6. The van der Waals surface area contributed by atoms with Crippen molar-refractivity contribution in [2.45, 2.75) is 20.8 Å². The zero-order valence-corrected chi connectivity index (χ0v) is 9.84. The van der Waals surface area contributed by atoms with E-state index in [-0.39, 0.29) is 5.91 Å². The summed E-state index contributed by atoms with van der Waals surface area (Å²) in [6.45, 7) is 5.10. The van der Waals surface area contributed by atoms with Crippen molar-refractivity contribution in [1.29, 1.82) is 0 Å². The second-order valence-electron chi connectivity index (χ2n) is 2.26.